The van der Waals surface area contributed by atoms with E-state index in [1.165, 1.54) is 30.3 Å². The molecule has 0 radical (unpaired) electrons. The van der Waals surface area contributed by atoms with Crippen LogP contribution in [0.25, 0.3) is 0 Å². The molecule has 0 heterocycles. The number of hydrogen-bond acceptors (Lipinski definition) is 4. The molecule has 0 aliphatic heterocycles. The van der Waals surface area contributed by atoms with Gasteiger partial charge in [0.15, 0.2) is 0 Å². The summed E-state index contributed by atoms with van der Waals surface area (Å²) in [4.78, 5) is 12.7. The summed E-state index contributed by atoms with van der Waals surface area (Å²) in [6, 6.07) is 17.7. The van der Waals surface area contributed by atoms with Crippen molar-refractivity contribution < 1.29 is 17.9 Å². The Morgan fingerprint density at radius 3 is 2.30 bits per heavy atom. The van der Waals surface area contributed by atoms with Crippen LogP contribution in [0.1, 0.15) is 22.8 Å². The number of hydrogen-bond donors (Lipinski definition) is 2. The normalized spacial score (nSPS) is 11.0. The molecule has 0 saturated carbocycles. The quantitative estimate of drug-likeness (QED) is 0.531. The van der Waals surface area contributed by atoms with E-state index in [2.05, 4.69) is 10.0 Å². The van der Waals surface area contributed by atoms with Gasteiger partial charge in [-0.1, -0.05) is 17.7 Å². The Hall–Kier alpha value is -3.03. The number of nitrogens with one attached hydrogen (secondary N) is 2. The van der Waals surface area contributed by atoms with Crippen molar-refractivity contribution in [3.63, 3.8) is 0 Å². The van der Waals surface area contributed by atoms with E-state index < -0.39 is 10.0 Å². The molecule has 3 rings (SSSR count). The predicted molar refractivity (Wildman–Crippen MR) is 119 cm³/mol. The van der Waals surface area contributed by atoms with E-state index in [4.69, 9.17) is 16.3 Å². The molecule has 156 valence electrons. The Morgan fingerprint density at radius 2 is 1.67 bits per heavy atom. The van der Waals surface area contributed by atoms with Gasteiger partial charge in [0.25, 0.3) is 15.9 Å². The molecule has 0 saturated heterocycles. The molecule has 8 heteroatoms. The molecule has 0 aliphatic rings. The maximum absolute atomic E-state index is 12.7. The number of amides is 1. The third kappa shape index (κ3) is 5.31. The van der Waals surface area contributed by atoms with Crippen LogP contribution < -0.4 is 14.8 Å². The minimum absolute atomic E-state index is 0.0792. The molecule has 3 aromatic rings. The third-order valence-electron chi connectivity index (χ3n) is 4.29. The molecular weight excluding hydrogens is 424 g/mol. The van der Waals surface area contributed by atoms with Crippen LogP contribution >= 0.6 is 11.6 Å². The first-order valence-electron chi connectivity index (χ1n) is 9.22. The van der Waals surface area contributed by atoms with Crippen LogP contribution in [-0.2, 0) is 10.0 Å². The lowest BCUT2D eigenvalue weighted by Gasteiger charge is -2.13. The highest BCUT2D eigenvalue weighted by molar-refractivity contribution is 7.92. The Morgan fingerprint density at radius 1 is 1.00 bits per heavy atom. The minimum atomic E-state index is -3.82. The topological polar surface area (TPSA) is 84.5 Å². The zero-order valence-corrected chi connectivity index (χ0v) is 18.0. The number of ether oxygens (including phenoxy) is 1. The number of anilines is 2. The molecule has 1 amide bonds. The first-order chi connectivity index (χ1) is 14.3. The number of carbonyl (C=O) groups is 1. The van der Waals surface area contributed by atoms with E-state index in [0.29, 0.717) is 39.9 Å². The zero-order valence-electron chi connectivity index (χ0n) is 16.5. The molecule has 0 aliphatic carbocycles. The van der Waals surface area contributed by atoms with Crippen molar-refractivity contribution in [3.8, 4) is 5.75 Å². The minimum Gasteiger partial charge on any atom is -0.494 e. The maximum Gasteiger partial charge on any atom is 0.261 e. The summed E-state index contributed by atoms with van der Waals surface area (Å²) < 4.78 is 33.2. The fraction of sp³-hybridized carbons (Fsp3) is 0.136. The van der Waals surface area contributed by atoms with Gasteiger partial charge >= 0.3 is 0 Å². The van der Waals surface area contributed by atoms with Crippen LogP contribution in [0, 0.1) is 6.92 Å². The molecule has 0 atom stereocenters. The lowest BCUT2D eigenvalue weighted by Crippen LogP contribution is -2.16. The van der Waals surface area contributed by atoms with Crippen molar-refractivity contribution in [2.45, 2.75) is 18.7 Å². The van der Waals surface area contributed by atoms with Crippen LogP contribution in [0.5, 0.6) is 5.75 Å². The number of sulfonamides is 1. The SMILES string of the molecule is CCOc1ccc(NC(=O)c2ccc(C)c(NS(=O)(=O)c3ccc(Cl)cc3)c2)cc1. The number of benzene rings is 3. The summed E-state index contributed by atoms with van der Waals surface area (Å²) in [7, 11) is -3.82. The standard InChI is InChI=1S/C22H21ClN2O4S/c1-3-29-19-10-8-18(9-11-19)24-22(26)16-5-4-15(2)21(14-16)25-30(27,28)20-12-6-17(23)7-13-20/h4-14,25H,3H2,1-2H3,(H,24,26). The summed E-state index contributed by atoms with van der Waals surface area (Å²) in [5, 5.41) is 3.23. The second-order valence-corrected chi connectivity index (χ2v) is 8.62. The second kappa shape index (κ2) is 9.19. The van der Waals surface area contributed by atoms with Gasteiger partial charge in [0, 0.05) is 16.3 Å². The van der Waals surface area contributed by atoms with Gasteiger partial charge < -0.3 is 10.1 Å². The van der Waals surface area contributed by atoms with E-state index in [-0.39, 0.29) is 10.8 Å². The Balaban J connectivity index is 1.78. The van der Waals surface area contributed by atoms with E-state index >= 15 is 0 Å². The van der Waals surface area contributed by atoms with Crippen LogP contribution in [0.2, 0.25) is 5.02 Å². The fourth-order valence-electron chi connectivity index (χ4n) is 2.70. The number of halogens is 1. The molecular formula is C22H21ClN2O4S. The molecule has 0 aromatic heterocycles. The predicted octanol–water partition coefficient (Wildman–Crippen LogP) is 5.10. The number of carbonyl (C=O) groups excluding carboxylic acids is 1. The molecule has 0 fully saturated rings. The van der Waals surface area contributed by atoms with E-state index in [9.17, 15) is 13.2 Å². The van der Waals surface area contributed by atoms with Crippen molar-refractivity contribution >= 4 is 38.9 Å². The van der Waals surface area contributed by atoms with Crippen molar-refractivity contribution in [1.29, 1.82) is 0 Å². The summed E-state index contributed by atoms with van der Waals surface area (Å²) in [5.74, 6) is 0.357. The lowest BCUT2D eigenvalue weighted by atomic mass is 10.1. The van der Waals surface area contributed by atoms with Gasteiger partial charge in [-0.3, -0.25) is 9.52 Å². The number of rotatable bonds is 7. The van der Waals surface area contributed by atoms with Gasteiger partial charge in [-0.05, 0) is 80.1 Å². The first-order valence-corrected chi connectivity index (χ1v) is 11.1. The van der Waals surface area contributed by atoms with Gasteiger partial charge in [-0.25, -0.2) is 8.42 Å². The van der Waals surface area contributed by atoms with E-state index in [0.717, 1.165) is 0 Å². The van der Waals surface area contributed by atoms with Crippen molar-refractivity contribution in [1.82, 2.24) is 0 Å². The van der Waals surface area contributed by atoms with E-state index in [1.54, 1.807) is 43.3 Å². The molecule has 3 aromatic carbocycles. The molecule has 0 unspecified atom stereocenters. The molecule has 6 nitrogen and oxygen atoms in total. The Kier molecular flexibility index (Phi) is 6.64. The number of aryl methyl sites for hydroxylation is 1. The summed E-state index contributed by atoms with van der Waals surface area (Å²) in [5.41, 5.74) is 1.94. The van der Waals surface area contributed by atoms with Crippen LogP contribution in [0.4, 0.5) is 11.4 Å². The van der Waals surface area contributed by atoms with Gasteiger partial charge in [0.05, 0.1) is 17.2 Å². The van der Waals surface area contributed by atoms with Crippen LogP contribution in [0.15, 0.2) is 71.6 Å². The molecule has 30 heavy (non-hydrogen) atoms. The first kappa shape index (κ1) is 21.7. The third-order valence-corrected chi connectivity index (χ3v) is 5.92. The average molecular weight is 445 g/mol. The fourth-order valence-corrected chi connectivity index (χ4v) is 3.94. The van der Waals surface area contributed by atoms with E-state index in [1.807, 2.05) is 6.92 Å². The highest BCUT2D eigenvalue weighted by Gasteiger charge is 2.17. The zero-order chi connectivity index (χ0) is 21.7. The van der Waals surface area contributed by atoms with Gasteiger partial charge in [0.1, 0.15) is 5.75 Å². The summed E-state index contributed by atoms with van der Waals surface area (Å²) in [6.45, 7) is 4.21. The Labute approximate surface area is 180 Å². The van der Waals surface area contributed by atoms with Gasteiger partial charge in [-0.15, -0.1) is 0 Å². The van der Waals surface area contributed by atoms with Crippen molar-refractivity contribution in [2.75, 3.05) is 16.6 Å². The average Bonchev–Trinajstić information content (AvgIpc) is 2.71. The second-order valence-electron chi connectivity index (χ2n) is 6.50. The lowest BCUT2D eigenvalue weighted by molar-refractivity contribution is 0.102. The highest BCUT2D eigenvalue weighted by Crippen LogP contribution is 2.23. The van der Waals surface area contributed by atoms with Gasteiger partial charge in [0.2, 0.25) is 0 Å². The molecule has 0 bridgehead atoms. The summed E-state index contributed by atoms with van der Waals surface area (Å²) in [6.07, 6.45) is 0. The van der Waals surface area contributed by atoms with Crippen LogP contribution in [0.3, 0.4) is 0 Å². The monoisotopic (exact) mass is 444 g/mol. The molecule has 2 N–H and O–H groups in total. The van der Waals surface area contributed by atoms with Crippen LogP contribution in [-0.4, -0.2) is 20.9 Å². The summed E-state index contributed by atoms with van der Waals surface area (Å²) >= 11 is 5.83. The smallest absolute Gasteiger partial charge is 0.261 e. The highest BCUT2D eigenvalue weighted by atomic mass is 35.5. The van der Waals surface area contributed by atoms with Crippen molar-refractivity contribution in [2.24, 2.45) is 0 Å². The van der Waals surface area contributed by atoms with Gasteiger partial charge in [-0.2, -0.15) is 0 Å². The molecule has 0 spiro atoms. The van der Waals surface area contributed by atoms with Crippen molar-refractivity contribution in [3.05, 3.63) is 82.9 Å². The largest absolute Gasteiger partial charge is 0.494 e. The maximum atomic E-state index is 12.7. The Bertz CT molecular complexity index is 1140.